The summed E-state index contributed by atoms with van der Waals surface area (Å²) >= 11 is 6.09. The van der Waals surface area contributed by atoms with Crippen molar-refractivity contribution in [3.8, 4) is 0 Å². The number of hydrogen-bond donors (Lipinski definition) is 1. The Morgan fingerprint density at radius 1 is 1.11 bits per heavy atom. The zero-order chi connectivity index (χ0) is 13.7. The summed E-state index contributed by atoms with van der Waals surface area (Å²) in [5.74, 6) is 0. The molecule has 0 aliphatic rings. The molecule has 0 aliphatic carbocycles. The van der Waals surface area contributed by atoms with Gasteiger partial charge in [0.1, 0.15) is 0 Å². The highest BCUT2D eigenvalue weighted by molar-refractivity contribution is 6.30. The minimum atomic E-state index is 0.311. The topological polar surface area (TPSA) is 12.0 Å². The lowest BCUT2D eigenvalue weighted by Crippen LogP contribution is -2.22. The normalized spacial score (nSPS) is 12.4. The molecule has 0 amide bonds. The molecule has 1 unspecified atom stereocenters. The van der Waals surface area contributed by atoms with Crippen LogP contribution < -0.4 is 5.32 Å². The SMILES string of the molecule is CCNC(Cc1cccc(C)c1)c1cccc(Cl)c1. The first-order valence-corrected chi connectivity index (χ1v) is 7.11. The fraction of sp³-hybridized carbons (Fsp3) is 0.294. The van der Waals surface area contributed by atoms with Crippen molar-refractivity contribution in [3.05, 3.63) is 70.2 Å². The molecule has 0 saturated heterocycles. The van der Waals surface area contributed by atoms with Crippen LogP contribution in [0.1, 0.15) is 29.7 Å². The molecule has 0 aromatic heterocycles. The molecule has 0 radical (unpaired) electrons. The van der Waals surface area contributed by atoms with Gasteiger partial charge < -0.3 is 5.32 Å². The quantitative estimate of drug-likeness (QED) is 0.843. The van der Waals surface area contributed by atoms with Crippen molar-refractivity contribution in [1.29, 1.82) is 0 Å². The summed E-state index contributed by atoms with van der Waals surface area (Å²) in [6.07, 6.45) is 0.982. The fourth-order valence-electron chi connectivity index (χ4n) is 2.35. The molecule has 1 N–H and O–H groups in total. The van der Waals surface area contributed by atoms with Gasteiger partial charge in [-0.15, -0.1) is 0 Å². The lowest BCUT2D eigenvalue weighted by molar-refractivity contribution is 0.550. The number of benzene rings is 2. The zero-order valence-electron chi connectivity index (χ0n) is 11.5. The van der Waals surface area contributed by atoms with E-state index in [1.54, 1.807) is 0 Å². The van der Waals surface area contributed by atoms with Gasteiger partial charge in [0, 0.05) is 11.1 Å². The Morgan fingerprint density at radius 3 is 2.58 bits per heavy atom. The van der Waals surface area contributed by atoms with Crippen molar-refractivity contribution >= 4 is 11.6 Å². The Kier molecular flexibility index (Phi) is 5.00. The highest BCUT2D eigenvalue weighted by Crippen LogP contribution is 2.22. The van der Waals surface area contributed by atoms with Crippen molar-refractivity contribution in [2.45, 2.75) is 26.3 Å². The number of rotatable bonds is 5. The third kappa shape index (κ3) is 4.09. The van der Waals surface area contributed by atoms with E-state index in [9.17, 15) is 0 Å². The Labute approximate surface area is 120 Å². The van der Waals surface area contributed by atoms with E-state index in [0.717, 1.165) is 18.0 Å². The molecule has 1 atom stereocenters. The first-order valence-electron chi connectivity index (χ1n) is 6.73. The molecular weight excluding hydrogens is 254 g/mol. The van der Waals surface area contributed by atoms with Crippen LogP contribution in [0.25, 0.3) is 0 Å². The summed E-state index contributed by atoms with van der Waals surface area (Å²) in [6.45, 7) is 5.21. The fourth-order valence-corrected chi connectivity index (χ4v) is 2.55. The molecule has 2 rings (SSSR count). The molecule has 0 spiro atoms. The van der Waals surface area contributed by atoms with E-state index >= 15 is 0 Å². The van der Waals surface area contributed by atoms with E-state index in [-0.39, 0.29) is 0 Å². The standard InChI is InChI=1S/C17H20ClN/c1-3-19-17(15-8-5-9-16(18)12-15)11-14-7-4-6-13(2)10-14/h4-10,12,17,19H,3,11H2,1-2H3. The second-order valence-electron chi connectivity index (χ2n) is 4.86. The minimum absolute atomic E-state index is 0.311. The average Bonchev–Trinajstić information content (AvgIpc) is 2.38. The highest BCUT2D eigenvalue weighted by Gasteiger charge is 2.11. The van der Waals surface area contributed by atoms with Crippen molar-refractivity contribution < 1.29 is 0 Å². The van der Waals surface area contributed by atoms with Crippen LogP contribution >= 0.6 is 11.6 Å². The lowest BCUT2D eigenvalue weighted by Gasteiger charge is -2.19. The van der Waals surface area contributed by atoms with E-state index in [1.165, 1.54) is 16.7 Å². The molecular formula is C17H20ClN. The number of aryl methyl sites for hydroxylation is 1. The van der Waals surface area contributed by atoms with Gasteiger partial charge >= 0.3 is 0 Å². The van der Waals surface area contributed by atoms with Gasteiger partial charge in [0.05, 0.1) is 0 Å². The molecule has 19 heavy (non-hydrogen) atoms. The smallest absolute Gasteiger partial charge is 0.0409 e. The molecule has 2 aromatic carbocycles. The molecule has 2 aromatic rings. The third-order valence-corrected chi connectivity index (χ3v) is 3.46. The van der Waals surface area contributed by atoms with Crippen LogP contribution in [-0.2, 0) is 6.42 Å². The van der Waals surface area contributed by atoms with Gasteiger partial charge in [-0.1, -0.05) is 60.5 Å². The van der Waals surface area contributed by atoms with Gasteiger partial charge in [0.25, 0.3) is 0 Å². The van der Waals surface area contributed by atoms with Gasteiger partial charge in [-0.05, 0) is 43.1 Å². The van der Waals surface area contributed by atoms with Crippen molar-refractivity contribution in [1.82, 2.24) is 5.32 Å². The maximum atomic E-state index is 6.09. The highest BCUT2D eigenvalue weighted by atomic mass is 35.5. The van der Waals surface area contributed by atoms with E-state index in [2.05, 4.69) is 49.5 Å². The molecule has 100 valence electrons. The third-order valence-electron chi connectivity index (χ3n) is 3.22. The van der Waals surface area contributed by atoms with Crippen LogP contribution in [0.5, 0.6) is 0 Å². The second kappa shape index (κ2) is 6.74. The summed E-state index contributed by atoms with van der Waals surface area (Å²) in [6, 6.07) is 17.1. The predicted octanol–water partition coefficient (Wildman–Crippen LogP) is 4.54. The second-order valence-corrected chi connectivity index (χ2v) is 5.29. The van der Waals surface area contributed by atoms with Crippen LogP contribution in [0.2, 0.25) is 5.02 Å². The van der Waals surface area contributed by atoms with Gasteiger partial charge in [-0.3, -0.25) is 0 Å². The average molecular weight is 274 g/mol. The first-order chi connectivity index (χ1) is 9.19. The molecule has 0 saturated carbocycles. The Bertz CT molecular complexity index is 536. The molecule has 1 nitrogen and oxygen atoms in total. The number of likely N-dealkylation sites (N-methyl/N-ethyl adjacent to an activating group) is 1. The monoisotopic (exact) mass is 273 g/mol. The van der Waals surface area contributed by atoms with Gasteiger partial charge in [0.15, 0.2) is 0 Å². The van der Waals surface area contributed by atoms with Gasteiger partial charge in [-0.25, -0.2) is 0 Å². The predicted molar refractivity (Wildman–Crippen MR) is 82.8 cm³/mol. The number of nitrogens with one attached hydrogen (secondary N) is 1. The molecule has 0 fully saturated rings. The lowest BCUT2D eigenvalue weighted by atomic mass is 9.98. The van der Waals surface area contributed by atoms with Crippen molar-refractivity contribution in [3.63, 3.8) is 0 Å². The molecule has 0 bridgehead atoms. The van der Waals surface area contributed by atoms with Crippen LogP contribution in [0.4, 0.5) is 0 Å². The maximum Gasteiger partial charge on any atom is 0.0409 e. The van der Waals surface area contributed by atoms with Crippen molar-refractivity contribution in [2.24, 2.45) is 0 Å². The first kappa shape index (κ1) is 14.1. The summed E-state index contributed by atoms with van der Waals surface area (Å²) in [5, 5.41) is 4.33. The summed E-state index contributed by atoms with van der Waals surface area (Å²) in [4.78, 5) is 0. The van der Waals surface area contributed by atoms with Crippen LogP contribution in [-0.4, -0.2) is 6.54 Å². The maximum absolute atomic E-state index is 6.09. The van der Waals surface area contributed by atoms with E-state index in [4.69, 9.17) is 11.6 Å². The van der Waals surface area contributed by atoms with Gasteiger partial charge in [-0.2, -0.15) is 0 Å². The number of hydrogen-bond acceptors (Lipinski definition) is 1. The zero-order valence-corrected chi connectivity index (χ0v) is 12.2. The molecule has 0 aliphatic heterocycles. The van der Waals surface area contributed by atoms with E-state index in [0.29, 0.717) is 6.04 Å². The summed E-state index contributed by atoms with van der Waals surface area (Å²) in [7, 11) is 0. The Balaban J connectivity index is 2.21. The Morgan fingerprint density at radius 2 is 1.89 bits per heavy atom. The van der Waals surface area contributed by atoms with Crippen LogP contribution in [0.15, 0.2) is 48.5 Å². The minimum Gasteiger partial charge on any atom is -0.310 e. The van der Waals surface area contributed by atoms with E-state index in [1.807, 2.05) is 18.2 Å². The largest absolute Gasteiger partial charge is 0.310 e. The van der Waals surface area contributed by atoms with Crippen molar-refractivity contribution in [2.75, 3.05) is 6.54 Å². The Hall–Kier alpha value is -1.31. The summed E-state index contributed by atoms with van der Waals surface area (Å²) in [5.41, 5.74) is 3.90. The van der Waals surface area contributed by atoms with Gasteiger partial charge in [0.2, 0.25) is 0 Å². The summed E-state index contributed by atoms with van der Waals surface area (Å²) < 4.78 is 0. The van der Waals surface area contributed by atoms with E-state index < -0.39 is 0 Å². The number of halogens is 1. The van der Waals surface area contributed by atoms with Crippen LogP contribution in [0, 0.1) is 6.92 Å². The molecule has 0 heterocycles. The van der Waals surface area contributed by atoms with Crippen LogP contribution in [0.3, 0.4) is 0 Å². The molecule has 2 heteroatoms.